The van der Waals surface area contributed by atoms with E-state index < -0.39 is 23.6 Å². The van der Waals surface area contributed by atoms with Gasteiger partial charge >= 0.3 is 0 Å². The van der Waals surface area contributed by atoms with Crippen LogP contribution in [0, 0.1) is 23.7 Å². The monoisotopic (exact) mass is 539 g/mol. The van der Waals surface area contributed by atoms with Gasteiger partial charge in [-0.3, -0.25) is 14.4 Å². The molecule has 1 fully saturated rings. The molecule has 39 heavy (non-hydrogen) atoms. The molecule has 0 aliphatic carbocycles. The molecule has 0 spiro atoms. The molecule has 5 unspecified atom stereocenters. The van der Waals surface area contributed by atoms with Gasteiger partial charge in [-0.05, 0) is 42.4 Å². The average Bonchev–Trinajstić information content (AvgIpc) is 3.45. The minimum absolute atomic E-state index is 0.0432. The summed E-state index contributed by atoms with van der Waals surface area (Å²) < 4.78 is 1.98. The van der Waals surface area contributed by atoms with Crippen LogP contribution in [0.3, 0.4) is 0 Å². The maximum Gasteiger partial charge on any atom is 0.246 e. The van der Waals surface area contributed by atoms with Gasteiger partial charge in [0.15, 0.2) is 0 Å². The van der Waals surface area contributed by atoms with Crippen LogP contribution < -0.4 is 10.6 Å². The zero-order chi connectivity index (χ0) is 29.3. The number of aliphatic hydroxyl groups excluding tert-OH is 1. The molecule has 9 nitrogen and oxygen atoms in total. The van der Waals surface area contributed by atoms with Crippen LogP contribution in [0.15, 0.2) is 36.7 Å². The number of hydrogen-bond donors (Lipinski definition) is 3. The Balaban J connectivity index is 1.74. The van der Waals surface area contributed by atoms with Gasteiger partial charge in [0, 0.05) is 37.0 Å². The molecule has 1 aromatic carbocycles. The van der Waals surface area contributed by atoms with Crippen LogP contribution in [-0.4, -0.2) is 62.0 Å². The average molecular weight is 540 g/mol. The second-order valence-corrected chi connectivity index (χ2v) is 13.0. The summed E-state index contributed by atoms with van der Waals surface area (Å²) in [7, 11) is 0. The first-order chi connectivity index (χ1) is 18.0. The van der Waals surface area contributed by atoms with Crippen LogP contribution in [0.4, 0.5) is 0 Å². The summed E-state index contributed by atoms with van der Waals surface area (Å²) in [6.45, 7) is 17.3. The molecular formula is C30H45N5O4. The molecule has 0 radical (unpaired) electrons. The van der Waals surface area contributed by atoms with Crippen LogP contribution in [0.5, 0.6) is 0 Å². The zero-order valence-electron chi connectivity index (χ0n) is 24.8. The summed E-state index contributed by atoms with van der Waals surface area (Å²) >= 11 is 0. The highest BCUT2D eigenvalue weighted by Gasteiger charge is 2.45. The van der Waals surface area contributed by atoms with Gasteiger partial charge in [-0.25, -0.2) is 4.98 Å². The van der Waals surface area contributed by atoms with E-state index in [-0.39, 0.29) is 48.1 Å². The molecular weight excluding hydrogens is 494 g/mol. The summed E-state index contributed by atoms with van der Waals surface area (Å²) in [4.78, 5) is 45.9. The molecule has 0 bridgehead atoms. The first-order valence-electron chi connectivity index (χ1n) is 13.7. The van der Waals surface area contributed by atoms with Crippen molar-refractivity contribution in [2.45, 2.75) is 93.0 Å². The lowest BCUT2D eigenvalue weighted by Gasteiger charge is -2.37. The van der Waals surface area contributed by atoms with Crippen molar-refractivity contribution in [3.05, 3.63) is 48.0 Å². The van der Waals surface area contributed by atoms with Crippen LogP contribution in [-0.2, 0) is 14.4 Å². The lowest BCUT2D eigenvalue weighted by atomic mass is 9.80. The predicted molar refractivity (Wildman–Crippen MR) is 151 cm³/mol. The largest absolute Gasteiger partial charge is 0.391 e. The number of amides is 3. The Morgan fingerprint density at radius 3 is 2.13 bits per heavy atom. The Morgan fingerprint density at radius 1 is 1.00 bits per heavy atom. The predicted octanol–water partition coefficient (Wildman–Crippen LogP) is 3.53. The van der Waals surface area contributed by atoms with E-state index in [4.69, 9.17) is 0 Å². The lowest BCUT2D eigenvalue weighted by Crippen LogP contribution is -2.59. The van der Waals surface area contributed by atoms with Crippen LogP contribution in [0.25, 0.3) is 5.69 Å². The smallest absolute Gasteiger partial charge is 0.246 e. The Hall–Kier alpha value is -3.20. The molecule has 2 heterocycles. The van der Waals surface area contributed by atoms with E-state index in [9.17, 15) is 19.5 Å². The van der Waals surface area contributed by atoms with Crippen LogP contribution >= 0.6 is 0 Å². The number of rotatable bonds is 7. The number of aliphatic hydroxyl groups is 1. The summed E-state index contributed by atoms with van der Waals surface area (Å²) in [6.07, 6.45) is 2.97. The quantitative estimate of drug-likeness (QED) is 0.498. The topological polar surface area (TPSA) is 117 Å². The van der Waals surface area contributed by atoms with E-state index >= 15 is 0 Å². The molecule has 0 saturated carbocycles. The Kier molecular flexibility index (Phi) is 8.95. The van der Waals surface area contributed by atoms with Gasteiger partial charge in [0.25, 0.3) is 0 Å². The molecule has 3 amide bonds. The van der Waals surface area contributed by atoms with Crippen molar-refractivity contribution in [3.8, 4) is 5.69 Å². The number of benzene rings is 1. The van der Waals surface area contributed by atoms with Crippen LogP contribution in [0.1, 0.15) is 79.2 Å². The zero-order valence-corrected chi connectivity index (χ0v) is 24.8. The van der Waals surface area contributed by atoms with E-state index in [1.165, 1.54) is 4.90 Å². The minimum atomic E-state index is -0.841. The van der Waals surface area contributed by atoms with Gasteiger partial charge < -0.3 is 25.2 Å². The van der Waals surface area contributed by atoms with Gasteiger partial charge in [-0.1, -0.05) is 60.6 Å². The fourth-order valence-electron chi connectivity index (χ4n) is 4.75. The van der Waals surface area contributed by atoms with Crippen molar-refractivity contribution >= 4 is 17.7 Å². The second kappa shape index (κ2) is 11.5. The van der Waals surface area contributed by atoms with Gasteiger partial charge in [-0.15, -0.1) is 0 Å². The lowest BCUT2D eigenvalue weighted by molar-refractivity contribution is -0.145. The first kappa shape index (κ1) is 30.3. The highest BCUT2D eigenvalue weighted by molar-refractivity contribution is 5.93. The molecule has 1 aliphatic heterocycles. The fraction of sp³-hybridized carbons (Fsp3) is 0.600. The molecule has 9 heteroatoms. The second-order valence-electron chi connectivity index (χ2n) is 13.0. The molecule has 3 N–H and O–H groups in total. The molecule has 214 valence electrons. The SMILES string of the molecule is Cc1nccn1-c1ccc(C(C)NC(=O)C2CC(O)CN2C(=O)C(NC(=O)C(C)C(C)(C)C)C(C)(C)C)cc1. The van der Waals surface area contributed by atoms with Crippen molar-refractivity contribution in [1.29, 1.82) is 0 Å². The number of carbonyl (C=O) groups excluding carboxylic acids is 3. The molecule has 1 aromatic heterocycles. The number of hydrogen-bond acceptors (Lipinski definition) is 5. The number of imidazole rings is 1. The Morgan fingerprint density at radius 2 is 1.62 bits per heavy atom. The number of β-amino-alcohol motifs (C(OH)–C–C–N with tert-alkyl or cyclic N) is 1. The molecule has 1 saturated heterocycles. The first-order valence-corrected chi connectivity index (χ1v) is 13.7. The standard InChI is InChI=1S/C30H45N5O4/c1-18(29(4,5)6)26(37)33-25(30(7,8)9)28(39)35-17-23(36)16-24(35)27(38)32-19(2)21-10-12-22(13-11-21)34-15-14-31-20(34)3/h10-15,18-19,23-25,36H,16-17H2,1-9H3,(H,32,38)(H,33,37). The Labute approximate surface area is 232 Å². The third kappa shape index (κ3) is 7.06. The minimum Gasteiger partial charge on any atom is -0.391 e. The van der Waals surface area contributed by atoms with E-state index in [1.807, 2.05) is 97.3 Å². The van der Waals surface area contributed by atoms with Crippen molar-refractivity contribution < 1.29 is 19.5 Å². The normalized spacial score (nSPS) is 20.3. The highest BCUT2D eigenvalue weighted by atomic mass is 16.3. The van der Waals surface area contributed by atoms with Gasteiger partial charge in [0.1, 0.15) is 17.9 Å². The summed E-state index contributed by atoms with van der Waals surface area (Å²) in [5.41, 5.74) is 1.02. The summed E-state index contributed by atoms with van der Waals surface area (Å²) in [5, 5.41) is 16.4. The summed E-state index contributed by atoms with van der Waals surface area (Å²) in [5.74, 6) is -0.334. The third-order valence-electron chi connectivity index (χ3n) is 7.81. The van der Waals surface area contributed by atoms with Gasteiger partial charge in [-0.2, -0.15) is 0 Å². The number of carbonyl (C=O) groups is 3. The van der Waals surface area contributed by atoms with Crippen molar-refractivity contribution in [2.75, 3.05) is 6.54 Å². The van der Waals surface area contributed by atoms with Gasteiger partial charge in [0.2, 0.25) is 17.7 Å². The number of likely N-dealkylation sites (tertiary alicyclic amines) is 1. The number of aryl methyl sites for hydroxylation is 1. The maximum absolute atomic E-state index is 13.8. The fourth-order valence-corrected chi connectivity index (χ4v) is 4.75. The molecule has 5 atom stereocenters. The van der Waals surface area contributed by atoms with E-state index in [1.54, 1.807) is 6.20 Å². The molecule has 1 aliphatic rings. The molecule has 3 rings (SSSR count). The van der Waals surface area contributed by atoms with Crippen molar-refractivity contribution in [3.63, 3.8) is 0 Å². The third-order valence-corrected chi connectivity index (χ3v) is 7.81. The molecule has 2 aromatic rings. The summed E-state index contributed by atoms with van der Waals surface area (Å²) in [6, 6.07) is 5.86. The highest BCUT2D eigenvalue weighted by Crippen LogP contribution is 2.29. The number of aromatic nitrogens is 2. The number of nitrogens with one attached hydrogen (secondary N) is 2. The van der Waals surface area contributed by atoms with Crippen molar-refractivity contribution in [1.82, 2.24) is 25.1 Å². The Bertz CT molecular complexity index is 1180. The van der Waals surface area contributed by atoms with E-state index in [0.717, 1.165) is 17.1 Å². The maximum atomic E-state index is 13.8. The van der Waals surface area contributed by atoms with E-state index in [0.29, 0.717) is 0 Å². The van der Waals surface area contributed by atoms with Crippen LogP contribution in [0.2, 0.25) is 0 Å². The van der Waals surface area contributed by atoms with Gasteiger partial charge in [0.05, 0.1) is 12.1 Å². The van der Waals surface area contributed by atoms with E-state index in [2.05, 4.69) is 15.6 Å². The van der Waals surface area contributed by atoms with Crippen molar-refractivity contribution in [2.24, 2.45) is 16.7 Å². The number of nitrogens with zero attached hydrogens (tertiary/aromatic N) is 3.